The molecule has 130 valence electrons. The van der Waals surface area contributed by atoms with Crippen molar-refractivity contribution < 1.29 is 23.9 Å². The number of rotatable bonds is 3. The minimum absolute atomic E-state index is 0.109. The number of carbonyl (C=O) groups is 4. The Hall–Kier alpha value is -2.70. The van der Waals surface area contributed by atoms with Gasteiger partial charge in [0.15, 0.2) is 0 Å². The Morgan fingerprint density at radius 1 is 1.08 bits per heavy atom. The molecule has 2 fully saturated rings. The predicted molar refractivity (Wildman–Crippen MR) is 85.9 cm³/mol. The van der Waals surface area contributed by atoms with Crippen molar-refractivity contribution in [2.24, 2.45) is 5.92 Å². The Kier molecular flexibility index (Phi) is 3.59. The number of nitrogens with zero attached hydrogens (tertiary/aromatic N) is 1. The zero-order valence-corrected chi connectivity index (χ0v) is 13.8. The van der Waals surface area contributed by atoms with Crippen LogP contribution in [0.15, 0.2) is 18.2 Å². The summed E-state index contributed by atoms with van der Waals surface area (Å²) in [6.07, 6.45) is 2.36. The second-order valence-corrected chi connectivity index (χ2v) is 6.97. The highest BCUT2D eigenvalue weighted by Crippen LogP contribution is 2.34. The van der Waals surface area contributed by atoms with E-state index in [0.717, 1.165) is 17.7 Å². The summed E-state index contributed by atoms with van der Waals surface area (Å²) in [5.74, 6) is -0.804. The second kappa shape index (κ2) is 5.68. The van der Waals surface area contributed by atoms with Crippen LogP contribution in [0, 0.1) is 5.92 Å². The highest BCUT2D eigenvalue weighted by atomic mass is 16.5. The van der Waals surface area contributed by atoms with Crippen LogP contribution in [-0.4, -0.2) is 40.7 Å². The average molecular weight is 342 g/mol. The lowest BCUT2D eigenvalue weighted by molar-refractivity contribution is -0.136. The summed E-state index contributed by atoms with van der Waals surface area (Å²) in [6.45, 7) is 2.16. The molecule has 0 spiro atoms. The topological polar surface area (TPSA) is 92.8 Å². The third-order valence-electron chi connectivity index (χ3n) is 5.04. The Morgan fingerprint density at radius 3 is 2.48 bits per heavy atom. The van der Waals surface area contributed by atoms with E-state index >= 15 is 0 Å². The Bertz CT molecular complexity index is 797. The Balaban J connectivity index is 1.57. The van der Waals surface area contributed by atoms with E-state index in [1.54, 1.807) is 18.2 Å². The first-order valence-corrected chi connectivity index (χ1v) is 8.46. The van der Waals surface area contributed by atoms with Crippen molar-refractivity contribution in [2.45, 2.75) is 44.8 Å². The van der Waals surface area contributed by atoms with Crippen LogP contribution in [0.5, 0.6) is 5.75 Å². The maximum absolute atomic E-state index is 12.7. The molecule has 4 amide bonds. The van der Waals surface area contributed by atoms with Crippen molar-refractivity contribution in [3.63, 3.8) is 0 Å². The minimum atomic E-state index is -0.943. The van der Waals surface area contributed by atoms with Gasteiger partial charge >= 0.3 is 0 Å². The van der Waals surface area contributed by atoms with Gasteiger partial charge in [0.1, 0.15) is 11.8 Å². The highest BCUT2D eigenvalue weighted by Gasteiger charge is 2.44. The lowest BCUT2D eigenvalue weighted by atomic mass is 9.84. The van der Waals surface area contributed by atoms with E-state index in [-0.39, 0.29) is 36.0 Å². The molecule has 1 aromatic carbocycles. The molecule has 7 heteroatoms. The van der Waals surface area contributed by atoms with Crippen molar-refractivity contribution in [1.82, 2.24) is 10.2 Å². The molecule has 1 saturated carbocycles. The summed E-state index contributed by atoms with van der Waals surface area (Å²) < 4.78 is 5.84. The van der Waals surface area contributed by atoms with Crippen molar-refractivity contribution >= 4 is 23.6 Å². The van der Waals surface area contributed by atoms with E-state index in [2.05, 4.69) is 12.2 Å². The molecule has 7 nitrogen and oxygen atoms in total. The summed E-state index contributed by atoms with van der Waals surface area (Å²) >= 11 is 0. The Morgan fingerprint density at radius 2 is 1.80 bits per heavy atom. The number of hydrogen-bond donors (Lipinski definition) is 1. The highest BCUT2D eigenvalue weighted by molar-refractivity contribution is 6.23. The smallest absolute Gasteiger partial charge is 0.262 e. The van der Waals surface area contributed by atoms with Crippen molar-refractivity contribution in [1.29, 1.82) is 0 Å². The SMILES string of the molecule is C[C@H]1C[C@H](Oc2ccc3c(c2)C(=O)N(C2CCC(=O)NC2=O)C3=O)C1. The monoisotopic (exact) mass is 342 g/mol. The Labute approximate surface area is 144 Å². The fourth-order valence-electron chi connectivity index (χ4n) is 3.64. The molecule has 1 atom stereocenters. The zero-order chi connectivity index (χ0) is 17.7. The number of nitrogens with one attached hydrogen (secondary N) is 1. The first-order valence-electron chi connectivity index (χ1n) is 8.46. The molecule has 4 rings (SSSR count). The van der Waals surface area contributed by atoms with E-state index in [9.17, 15) is 19.2 Å². The molecule has 0 aromatic heterocycles. The largest absolute Gasteiger partial charge is 0.490 e. The van der Waals surface area contributed by atoms with Gasteiger partial charge in [-0.1, -0.05) is 6.92 Å². The van der Waals surface area contributed by atoms with Crippen molar-refractivity contribution in [2.75, 3.05) is 0 Å². The third kappa shape index (κ3) is 2.59. The van der Waals surface area contributed by atoms with Crippen molar-refractivity contribution in [3.8, 4) is 5.75 Å². The van der Waals surface area contributed by atoms with Gasteiger partial charge in [-0.3, -0.25) is 29.4 Å². The zero-order valence-electron chi connectivity index (χ0n) is 13.8. The van der Waals surface area contributed by atoms with Gasteiger partial charge in [-0.05, 0) is 43.4 Å². The summed E-state index contributed by atoms with van der Waals surface area (Å²) in [4.78, 5) is 49.5. The first kappa shape index (κ1) is 15.8. The number of piperidine rings is 1. The normalized spacial score (nSPS) is 28.5. The fourth-order valence-corrected chi connectivity index (χ4v) is 3.64. The number of carbonyl (C=O) groups excluding carboxylic acids is 4. The molecule has 1 aliphatic carbocycles. The molecule has 3 aliphatic rings. The second-order valence-electron chi connectivity index (χ2n) is 6.97. The number of hydrogen-bond acceptors (Lipinski definition) is 5. The van der Waals surface area contributed by atoms with Gasteiger partial charge in [0, 0.05) is 6.42 Å². The van der Waals surface area contributed by atoms with Crippen LogP contribution < -0.4 is 10.1 Å². The number of amides is 4. The van der Waals surface area contributed by atoms with Crippen LogP contribution in [0.25, 0.3) is 0 Å². The maximum atomic E-state index is 12.7. The number of fused-ring (bicyclic) bond motifs is 1. The molecule has 2 heterocycles. The summed E-state index contributed by atoms with van der Waals surface area (Å²) in [5, 5.41) is 2.18. The summed E-state index contributed by atoms with van der Waals surface area (Å²) in [7, 11) is 0. The number of imide groups is 2. The summed E-state index contributed by atoms with van der Waals surface area (Å²) in [5.41, 5.74) is 0.517. The van der Waals surface area contributed by atoms with Gasteiger partial charge in [-0.25, -0.2) is 0 Å². The molecule has 1 saturated heterocycles. The summed E-state index contributed by atoms with van der Waals surface area (Å²) in [6, 6.07) is 3.88. The van der Waals surface area contributed by atoms with E-state index in [1.165, 1.54) is 0 Å². The van der Waals surface area contributed by atoms with Crippen LogP contribution in [0.4, 0.5) is 0 Å². The number of benzene rings is 1. The fraction of sp³-hybridized carbons (Fsp3) is 0.444. The van der Waals surface area contributed by atoms with Gasteiger partial charge in [0.2, 0.25) is 11.8 Å². The van der Waals surface area contributed by atoms with Gasteiger partial charge in [-0.2, -0.15) is 0 Å². The van der Waals surface area contributed by atoms with E-state index in [1.807, 2.05) is 0 Å². The first-order chi connectivity index (χ1) is 11.9. The molecule has 2 aliphatic heterocycles. The van der Waals surface area contributed by atoms with Gasteiger partial charge in [0.05, 0.1) is 17.2 Å². The molecule has 25 heavy (non-hydrogen) atoms. The lowest BCUT2D eigenvalue weighted by Gasteiger charge is -2.32. The standard InChI is InChI=1S/C18H18N2O5/c1-9-6-11(7-9)25-10-2-3-12-13(8-10)18(24)20(17(12)23)14-4-5-15(21)19-16(14)22/h2-3,8-9,11,14H,4-7H2,1H3,(H,19,21,22)/t9-,11-,14?. The van der Waals surface area contributed by atoms with Crippen LogP contribution in [0.3, 0.4) is 0 Å². The van der Waals surface area contributed by atoms with Gasteiger partial charge in [-0.15, -0.1) is 0 Å². The van der Waals surface area contributed by atoms with Crippen LogP contribution in [-0.2, 0) is 9.59 Å². The van der Waals surface area contributed by atoms with Crippen LogP contribution in [0.2, 0.25) is 0 Å². The predicted octanol–water partition coefficient (Wildman–Crippen LogP) is 1.27. The lowest BCUT2D eigenvalue weighted by Crippen LogP contribution is -2.54. The number of ether oxygens (including phenoxy) is 1. The van der Waals surface area contributed by atoms with Crippen molar-refractivity contribution in [3.05, 3.63) is 29.3 Å². The average Bonchev–Trinajstić information content (AvgIpc) is 2.78. The molecule has 1 unspecified atom stereocenters. The molecule has 1 aromatic rings. The van der Waals surface area contributed by atoms with E-state index in [0.29, 0.717) is 11.7 Å². The molecular weight excluding hydrogens is 324 g/mol. The van der Waals surface area contributed by atoms with Crippen LogP contribution in [0.1, 0.15) is 53.3 Å². The quantitative estimate of drug-likeness (QED) is 0.835. The van der Waals surface area contributed by atoms with Gasteiger partial charge in [0.25, 0.3) is 11.8 Å². The molecule has 1 N–H and O–H groups in total. The van der Waals surface area contributed by atoms with Crippen LogP contribution >= 0.6 is 0 Å². The van der Waals surface area contributed by atoms with Gasteiger partial charge < -0.3 is 4.74 Å². The molecular formula is C18H18N2O5. The minimum Gasteiger partial charge on any atom is -0.490 e. The maximum Gasteiger partial charge on any atom is 0.262 e. The van der Waals surface area contributed by atoms with E-state index in [4.69, 9.17) is 4.74 Å². The van der Waals surface area contributed by atoms with E-state index < -0.39 is 23.8 Å². The molecule has 0 radical (unpaired) electrons. The third-order valence-corrected chi connectivity index (χ3v) is 5.04. The molecule has 0 bridgehead atoms.